The van der Waals surface area contributed by atoms with E-state index in [1.54, 1.807) is 12.1 Å². The van der Waals surface area contributed by atoms with Gasteiger partial charge in [-0.05, 0) is 37.5 Å². The predicted molar refractivity (Wildman–Crippen MR) is 79.9 cm³/mol. The molecule has 0 saturated heterocycles. The number of carbonyl (C=O) groups excluding carboxylic acids is 1. The van der Waals surface area contributed by atoms with Gasteiger partial charge in [0.15, 0.2) is 0 Å². The minimum Gasteiger partial charge on any atom is -0.508 e. The number of amides is 1. The number of hydrogen-bond donors (Lipinski definition) is 2. The first-order chi connectivity index (χ1) is 9.06. The quantitative estimate of drug-likeness (QED) is 0.835. The van der Waals surface area contributed by atoms with Crippen LogP contribution in [0.5, 0.6) is 5.75 Å². The Balaban J connectivity index is 2.12. The van der Waals surface area contributed by atoms with E-state index in [4.69, 9.17) is 0 Å². The summed E-state index contributed by atoms with van der Waals surface area (Å²) in [4.78, 5) is 12.3. The van der Waals surface area contributed by atoms with E-state index < -0.39 is 0 Å². The van der Waals surface area contributed by atoms with Crippen molar-refractivity contribution in [1.82, 2.24) is 5.32 Å². The van der Waals surface area contributed by atoms with Gasteiger partial charge in [-0.25, -0.2) is 0 Å². The number of aromatic hydroxyl groups is 1. The van der Waals surface area contributed by atoms with Crippen molar-refractivity contribution < 1.29 is 9.90 Å². The minimum absolute atomic E-state index is 0.100. The van der Waals surface area contributed by atoms with Gasteiger partial charge in [0.1, 0.15) is 5.75 Å². The largest absolute Gasteiger partial charge is 0.508 e. The Morgan fingerprint density at radius 2 is 2.05 bits per heavy atom. The van der Waals surface area contributed by atoms with Gasteiger partial charge >= 0.3 is 0 Å². The summed E-state index contributed by atoms with van der Waals surface area (Å²) in [5.41, 5.74) is 1.17. The molecule has 0 aromatic heterocycles. The molecule has 0 unspecified atom stereocenters. The molecule has 1 fully saturated rings. The maximum absolute atomic E-state index is 12.3. The summed E-state index contributed by atoms with van der Waals surface area (Å²) in [6, 6.07) is 5.07. The minimum atomic E-state index is -0.129. The van der Waals surface area contributed by atoms with Crippen LogP contribution in [0.15, 0.2) is 18.2 Å². The second-order valence-electron chi connectivity index (χ2n) is 5.43. The number of phenols is 1. The molecular weight excluding hydrogens is 306 g/mol. The van der Waals surface area contributed by atoms with Gasteiger partial charge in [0.05, 0.1) is 5.54 Å². The van der Waals surface area contributed by atoms with Crippen molar-refractivity contribution in [2.45, 2.75) is 44.6 Å². The van der Waals surface area contributed by atoms with E-state index in [1.807, 2.05) is 6.92 Å². The third-order valence-corrected chi connectivity index (χ3v) is 4.99. The van der Waals surface area contributed by atoms with Gasteiger partial charge in [-0.15, -0.1) is 0 Å². The molecule has 1 aliphatic carbocycles. The van der Waals surface area contributed by atoms with Crippen molar-refractivity contribution >= 4 is 21.8 Å². The zero-order valence-electron chi connectivity index (χ0n) is 11.2. The molecule has 1 aliphatic rings. The zero-order chi connectivity index (χ0) is 13.9. The first-order valence-electron chi connectivity index (χ1n) is 6.74. The number of hydrogen-bond acceptors (Lipinski definition) is 2. The molecule has 0 bridgehead atoms. The summed E-state index contributed by atoms with van der Waals surface area (Å²) >= 11 is 3.53. The number of carbonyl (C=O) groups is 1. The van der Waals surface area contributed by atoms with Crippen LogP contribution in [-0.4, -0.2) is 21.9 Å². The summed E-state index contributed by atoms with van der Waals surface area (Å²) in [6.45, 7) is 1.82. The third kappa shape index (κ3) is 3.30. The van der Waals surface area contributed by atoms with Gasteiger partial charge in [0.2, 0.25) is 0 Å². The lowest BCUT2D eigenvalue weighted by Crippen LogP contribution is -2.51. The lowest BCUT2D eigenvalue weighted by molar-refractivity contribution is 0.0886. The maximum atomic E-state index is 12.3. The van der Waals surface area contributed by atoms with E-state index >= 15 is 0 Å². The Kier molecular flexibility index (Phi) is 4.50. The molecule has 19 heavy (non-hydrogen) atoms. The third-order valence-electron chi connectivity index (χ3n) is 3.92. The van der Waals surface area contributed by atoms with E-state index in [9.17, 15) is 9.90 Å². The van der Waals surface area contributed by atoms with Crippen LogP contribution in [0.4, 0.5) is 0 Å². The highest BCUT2D eigenvalue weighted by Crippen LogP contribution is 2.30. The van der Waals surface area contributed by atoms with E-state index in [1.165, 1.54) is 12.5 Å². The standard InChI is InChI=1S/C15H20BrNO2/c1-11-5-6-12(9-13(11)18)14(19)17-15(10-16)7-3-2-4-8-15/h5-6,9,18H,2-4,7-8,10H2,1H3,(H,17,19). The predicted octanol–water partition coefficient (Wildman–Crippen LogP) is 3.53. The van der Waals surface area contributed by atoms with Gasteiger partial charge in [-0.3, -0.25) is 4.79 Å². The molecule has 4 heteroatoms. The van der Waals surface area contributed by atoms with E-state index in [0.717, 1.165) is 36.6 Å². The molecule has 3 nitrogen and oxygen atoms in total. The SMILES string of the molecule is Cc1ccc(C(=O)NC2(CBr)CCCCC2)cc1O. The normalized spacial score (nSPS) is 18.0. The zero-order valence-corrected chi connectivity index (χ0v) is 12.8. The molecule has 0 heterocycles. The van der Waals surface area contributed by atoms with Gasteiger partial charge < -0.3 is 10.4 Å². The molecule has 2 N–H and O–H groups in total. The second kappa shape index (κ2) is 5.95. The summed E-state index contributed by atoms with van der Waals surface area (Å²) < 4.78 is 0. The summed E-state index contributed by atoms with van der Waals surface area (Å²) in [5.74, 6) is 0.0702. The lowest BCUT2D eigenvalue weighted by Gasteiger charge is -2.36. The monoisotopic (exact) mass is 325 g/mol. The molecule has 1 saturated carbocycles. The Morgan fingerprint density at radius 1 is 1.37 bits per heavy atom. The van der Waals surface area contributed by atoms with Crippen molar-refractivity contribution in [1.29, 1.82) is 0 Å². The highest BCUT2D eigenvalue weighted by atomic mass is 79.9. The van der Waals surface area contributed by atoms with Crippen LogP contribution >= 0.6 is 15.9 Å². The van der Waals surface area contributed by atoms with E-state index in [2.05, 4.69) is 21.2 Å². The summed E-state index contributed by atoms with van der Waals surface area (Å²) in [5, 5.41) is 13.6. The number of benzene rings is 1. The topological polar surface area (TPSA) is 49.3 Å². The lowest BCUT2D eigenvalue weighted by atomic mass is 9.83. The highest BCUT2D eigenvalue weighted by molar-refractivity contribution is 9.09. The van der Waals surface area contributed by atoms with Gasteiger partial charge in [0, 0.05) is 10.9 Å². The Labute approximate surface area is 122 Å². The van der Waals surface area contributed by atoms with Gasteiger partial charge in [-0.1, -0.05) is 41.3 Å². The van der Waals surface area contributed by atoms with Crippen molar-refractivity contribution in [3.05, 3.63) is 29.3 Å². The van der Waals surface area contributed by atoms with E-state index in [-0.39, 0.29) is 17.2 Å². The molecule has 0 atom stereocenters. The number of nitrogens with one attached hydrogen (secondary N) is 1. The van der Waals surface area contributed by atoms with Crippen molar-refractivity contribution in [2.24, 2.45) is 0 Å². The summed E-state index contributed by atoms with van der Waals surface area (Å²) in [6.07, 6.45) is 5.59. The average Bonchev–Trinajstić information content (AvgIpc) is 2.43. The number of halogens is 1. The molecule has 1 aromatic carbocycles. The van der Waals surface area contributed by atoms with Crippen LogP contribution in [0, 0.1) is 6.92 Å². The number of rotatable bonds is 3. The molecule has 2 rings (SSSR count). The molecule has 0 radical (unpaired) electrons. The fraction of sp³-hybridized carbons (Fsp3) is 0.533. The van der Waals surface area contributed by atoms with Gasteiger partial charge in [-0.2, -0.15) is 0 Å². The Morgan fingerprint density at radius 3 is 2.63 bits per heavy atom. The van der Waals surface area contributed by atoms with Crippen LogP contribution in [0.2, 0.25) is 0 Å². The number of alkyl halides is 1. The van der Waals surface area contributed by atoms with Crippen LogP contribution in [-0.2, 0) is 0 Å². The average molecular weight is 326 g/mol. The fourth-order valence-electron chi connectivity index (χ4n) is 2.58. The van der Waals surface area contributed by atoms with Crippen LogP contribution in [0.25, 0.3) is 0 Å². The molecular formula is C15H20BrNO2. The second-order valence-corrected chi connectivity index (χ2v) is 5.99. The summed E-state index contributed by atoms with van der Waals surface area (Å²) in [7, 11) is 0. The molecule has 104 valence electrons. The molecule has 1 amide bonds. The Hall–Kier alpha value is -1.03. The number of aryl methyl sites for hydroxylation is 1. The fourth-order valence-corrected chi connectivity index (χ4v) is 3.29. The van der Waals surface area contributed by atoms with Crippen molar-refractivity contribution in [3.63, 3.8) is 0 Å². The van der Waals surface area contributed by atoms with Crippen LogP contribution < -0.4 is 5.32 Å². The number of phenolic OH excluding ortho intramolecular Hbond substituents is 1. The van der Waals surface area contributed by atoms with Crippen molar-refractivity contribution in [3.8, 4) is 5.75 Å². The van der Waals surface area contributed by atoms with Crippen LogP contribution in [0.3, 0.4) is 0 Å². The molecule has 1 aromatic rings. The maximum Gasteiger partial charge on any atom is 0.251 e. The van der Waals surface area contributed by atoms with Crippen LogP contribution in [0.1, 0.15) is 48.0 Å². The smallest absolute Gasteiger partial charge is 0.251 e. The van der Waals surface area contributed by atoms with E-state index in [0.29, 0.717) is 5.56 Å². The highest BCUT2D eigenvalue weighted by Gasteiger charge is 2.32. The first kappa shape index (κ1) is 14.4. The van der Waals surface area contributed by atoms with Gasteiger partial charge in [0.25, 0.3) is 5.91 Å². The van der Waals surface area contributed by atoms with Crippen molar-refractivity contribution in [2.75, 3.05) is 5.33 Å². The first-order valence-corrected chi connectivity index (χ1v) is 7.87. The Bertz CT molecular complexity index is 467. The molecule has 0 spiro atoms. The molecule has 0 aliphatic heterocycles.